The molecule has 0 aliphatic carbocycles. The van der Waals surface area contributed by atoms with Crippen molar-refractivity contribution in [3.63, 3.8) is 0 Å². The van der Waals surface area contributed by atoms with Crippen molar-refractivity contribution in [2.24, 2.45) is 5.73 Å². The third kappa shape index (κ3) is 3.22. The first-order chi connectivity index (χ1) is 8.94. The van der Waals surface area contributed by atoms with E-state index in [0.29, 0.717) is 24.4 Å². The topological polar surface area (TPSA) is 63.4 Å². The lowest BCUT2D eigenvalue weighted by molar-refractivity contribution is 0.600. The highest BCUT2D eigenvalue weighted by Crippen LogP contribution is 2.30. The standard InChI is InChI=1S/C13H19ClN2O2S/c1-16(10-6-8-19(17,18)9-10)13-4-2-3-12(14)11(13)5-7-15/h2-4,10H,5-9,15H2,1H3. The maximum Gasteiger partial charge on any atom is 0.152 e. The molecule has 1 aliphatic heterocycles. The molecule has 2 rings (SSSR count). The van der Waals surface area contributed by atoms with Gasteiger partial charge in [-0.15, -0.1) is 0 Å². The molecule has 1 aliphatic rings. The van der Waals surface area contributed by atoms with Gasteiger partial charge in [0.15, 0.2) is 9.84 Å². The molecule has 0 saturated carbocycles. The van der Waals surface area contributed by atoms with Crippen molar-refractivity contribution in [1.29, 1.82) is 0 Å². The summed E-state index contributed by atoms with van der Waals surface area (Å²) in [6.45, 7) is 0.521. The van der Waals surface area contributed by atoms with E-state index >= 15 is 0 Å². The zero-order valence-corrected chi connectivity index (χ0v) is 12.5. The number of anilines is 1. The van der Waals surface area contributed by atoms with E-state index in [-0.39, 0.29) is 17.5 Å². The molecule has 0 bridgehead atoms. The summed E-state index contributed by atoms with van der Waals surface area (Å²) >= 11 is 6.21. The molecule has 1 heterocycles. The van der Waals surface area contributed by atoms with E-state index in [9.17, 15) is 8.42 Å². The lowest BCUT2D eigenvalue weighted by atomic mass is 10.1. The van der Waals surface area contributed by atoms with E-state index in [4.69, 9.17) is 17.3 Å². The third-order valence-electron chi connectivity index (χ3n) is 3.62. The summed E-state index contributed by atoms with van der Waals surface area (Å²) in [5.41, 5.74) is 7.61. The minimum Gasteiger partial charge on any atom is -0.370 e. The van der Waals surface area contributed by atoms with E-state index in [0.717, 1.165) is 11.3 Å². The molecule has 1 aromatic rings. The molecule has 1 unspecified atom stereocenters. The van der Waals surface area contributed by atoms with E-state index in [1.165, 1.54) is 0 Å². The van der Waals surface area contributed by atoms with Gasteiger partial charge in [-0.3, -0.25) is 0 Å². The van der Waals surface area contributed by atoms with Crippen LogP contribution >= 0.6 is 11.6 Å². The summed E-state index contributed by atoms with van der Waals surface area (Å²) in [7, 11) is -0.955. The molecule has 106 valence electrons. The van der Waals surface area contributed by atoms with E-state index in [2.05, 4.69) is 0 Å². The molecule has 0 radical (unpaired) electrons. The first-order valence-corrected chi connectivity index (χ1v) is 8.55. The fourth-order valence-corrected chi connectivity index (χ4v) is 4.59. The second-order valence-electron chi connectivity index (χ2n) is 4.94. The van der Waals surface area contributed by atoms with Gasteiger partial charge < -0.3 is 10.6 Å². The van der Waals surface area contributed by atoms with Crippen LogP contribution in [-0.4, -0.2) is 39.6 Å². The van der Waals surface area contributed by atoms with Crippen LogP contribution in [0.1, 0.15) is 12.0 Å². The van der Waals surface area contributed by atoms with Gasteiger partial charge in [-0.2, -0.15) is 0 Å². The molecule has 0 aromatic heterocycles. The predicted molar refractivity (Wildman–Crippen MR) is 79.7 cm³/mol. The van der Waals surface area contributed by atoms with Crippen LogP contribution in [0.5, 0.6) is 0 Å². The van der Waals surface area contributed by atoms with Gasteiger partial charge in [0.1, 0.15) is 0 Å². The summed E-state index contributed by atoms with van der Waals surface area (Å²) in [5.74, 6) is 0.493. The van der Waals surface area contributed by atoms with E-state index in [1.54, 1.807) is 0 Å². The second-order valence-corrected chi connectivity index (χ2v) is 7.58. The Hall–Kier alpha value is -0.780. The molecule has 6 heteroatoms. The second kappa shape index (κ2) is 5.69. The molecule has 19 heavy (non-hydrogen) atoms. The first-order valence-electron chi connectivity index (χ1n) is 6.35. The molecular weight excluding hydrogens is 284 g/mol. The van der Waals surface area contributed by atoms with Crippen LogP contribution in [-0.2, 0) is 16.3 Å². The van der Waals surface area contributed by atoms with Crippen LogP contribution < -0.4 is 10.6 Å². The van der Waals surface area contributed by atoms with Crippen molar-refractivity contribution in [2.75, 3.05) is 30.0 Å². The summed E-state index contributed by atoms with van der Waals surface area (Å²) in [6.07, 6.45) is 1.37. The Morgan fingerprint density at radius 3 is 2.79 bits per heavy atom. The van der Waals surface area contributed by atoms with Crippen LogP contribution in [0, 0.1) is 0 Å². The minimum atomic E-state index is -2.88. The van der Waals surface area contributed by atoms with Gasteiger partial charge >= 0.3 is 0 Å². The maximum absolute atomic E-state index is 11.6. The first kappa shape index (κ1) is 14.6. The number of rotatable bonds is 4. The van der Waals surface area contributed by atoms with E-state index < -0.39 is 9.84 Å². The fourth-order valence-electron chi connectivity index (χ4n) is 2.55. The number of nitrogens with two attached hydrogens (primary N) is 1. The van der Waals surface area contributed by atoms with Crippen molar-refractivity contribution in [1.82, 2.24) is 0 Å². The number of nitrogens with zero attached hydrogens (tertiary/aromatic N) is 1. The Balaban J connectivity index is 2.29. The number of hydrogen-bond donors (Lipinski definition) is 1. The molecule has 1 saturated heterocycles. The highest BCUT2D eigenvalue weighted by molar-refractivity contribution is 7.91. The van der Waals surface area contributed by atoms with Crippen molar-refractivity contribution >= 4 is 27.1 Å². The van der Waals surface area contributed by atoms with Gasteiger partial charge in [-0.05, 0) is 37.1 Å². The summed E-state index contributed by atoms with van der Waals surface area (Å²) in [5, 5.41) is 0.690. The van der Waals surface area contributed by atoms with Gasteiger partial charge in [-0.25, -0.2) is 8.42 Å². The Bertz CT molecular complexity index is 560. The Morgan fingerprint density at radius 2 is 2.21 bits per heavy atom. The van der Waals surface area contributed by atoms with Gasteiger partial charge in [-0.1, -0.05) is 17.7 Å². The number of sulfone groups is 1. The SMILES string of the molecule is CN(c1cccc(Cl)c1CCN)C1CCS(=O)(=O)C1. The van der Waals surface area contributed by atoms with Gasteiger partial charge in [0, 0.05) is 23.8 Å². The average Bonchev–Trinajstić information content (AvgIpc) is 2.72. The van der Waals surface area contributed by atoms with E-state index in [1.807, 2.05) is 30.1 Å². The van der Waals surface area contributed by atoms with Crippen LogP contribution in [0.2, 0.25) is 5.02 Å². The number of halogens is 1. The molecule has 1 aromatic carbocycles. The summed E-state index contributed by atoms with van der Waals surface area (Å²) in [4.78, 5) is 2.03. The number of hydrogen-bond acceptors (Lipinski definition) is 4. The Morgan fingerprint density at radius 1 is 1.47 bits per heavy atom. The minimum absolute atomic E-state index is 0.0278. The molecule has 2 N–H and O–H groups in total. The quantitative estimate of drug-likeness (QED) is 0.915. The van der Waals surface area contributed by atoms with Crippen molar-refractivity contribution in [3.05, 3.63) is 28.8 Å². The normalized spacial score (nSPS) is 21.5. The van der Waals surface area contributed by atoms with Crippen molar-refractivity contribution in [3.8, 4) is 0 Å². The lowest BCUT2D eigenvalue weighted by Gasteiger charge is -2.28. The summed E-state index contributed by atoms with van der Waals surface area (Å²) in [6, 6.07) is 5.73. The van der Waals surface area contributed by atoms with Gasteiger partial charge in [0.05, 0.1) is 11.5 Å². The largest absolute Gasteiger partial charge is 0.370 e. The van der Waals surface area contributed by atoms with Gasteiger partial charge in [0.25, 0.3) is 0 Å². The highest BCUT2D eigenvalue weighted by Gasteiger charge is 2.31. The lowest BCUT2D eigenvalue weighted by Crippen LogP contribution is -2.33. The molecule has 4 nitrogen and oxygen atoms in total. The Labute approximate surface area is 119 Å². The zero-order valence-electron chi connectivity index (χ0n) is 11.0. The van der Waals surface area contributed by atoms with Crippen molar-refractivity contribution < 1.29 is 8.42 Å². The van der Waals surface area contributed by atoms with Gasteiger partial charge in [0.2, 0.25) is 0 Å². The van der Waals surface area contributed by atoms with Crippen LogP contribution in [0.15, 0.2) is 18.2 Å². The molecule has 0 spiro atoms. The fraction of sp³-hybridized carbons (Fsp3) is 0.538. The highest BCUT2D eigenvalue weighted by atomic mass is 35.5. The Kier molecular flexibility index (Phi) is 4.38. The zero-order chi connectivity index (χ0) is 14.0. The molecule has 0 amide bonds. The van der Waals surface area contributed by atoms with Crippen molar-refractivity contribution in [2.45, 2.75) is 18.9 Å². The van der Waals surface area contributed by atoms with Crippen LogP contribution in [0.3, 0.4) is 0 Å². The predicted octanol–water partition coefficient (Wildman–Crippen LogP) is 1.46. The third-order valence-corrected chi connectivity index (χ3v) is 5.73. The monoisotopic (exact) mass is 302 g/mol. The summed E-state index contributed by atoms with van der Waals surface area (Å²) < 4.78 is 23.2. The molecular formula is C13H19ClN2O2S. The van der Waals surface area contributed by atoms with Crippen LogP contribution in [0.25, 0.3) is 0 Å². The molecule has 1 fully saturated rings. The molecule has 1 atom stereocenters. The average molecular weight is 303 g/mol. The maximum atomic E-state index is 11.6. The smallest absolute Gasteiger partial charge is 0.152 e. The number of benzene rings is 1. The van der Waals surface area contributed by atoms with Crippen LogP contribution in [0.4, 0.5) is 5.69 Å².